The van der Waals surface area contributed by atoms with E-state index in [0.717, 1.165) is 11.3 Å². The Bertz CT molecular complexity index is 346. The van der Waals surface area contributed by atoms with Crippen molar-refractivity contribution in [3.05, 3.63) is 29.8 Å². The first-order valence-electron chi connectivity index (χ1n) is 5.65. The molecule has 0 atom stereocenters. The van der Waals surface area contributed by atoms with E-state index in [1.54, 1.807) is 7.11 Å². The molecule has 0 aromatic heterocycles. The van der Waals surface area contributed by atoms with Crippen LogP contribution in [0.5, 0.6) is 5.75 Å². The molecule has 0 heterocycles. The molecule has 4 heteroatoms. The van der Waals surface area contributed by atoms with Crippen LogP contribution in [0.2, 0.25) is 0 Å². The van der Waals surface area contributed by atoms with Crippen LogP contribution >= 0.6 is 0 Å². The molecule has 1 rings (SSSR count). The average Bonchev–Trinajstić information content (AvgIpc) is 2.29. The molecule has 17 heavy (non-hydrogen) atoms. The smallest absolute Gasteiger partial charge is 0.320 e. The highest BCUT2D eigenvalue weighted by Gasteiger charge is 2.04. The van der Waals surface area contributed by atoms with E-state index in [9.17, 15) is 4.79 Å². The van der Waals surface area contributed by atoms with Crippen LogP contribution in [-0.2, 0) is 16.1 Å². The summed E-state index contributed by atoms with van der Waals surface area (Å²) in [5.74, 6) is 0.599. The Morgan fingerprint density at radius 3 is 2.47 bits per heavy atom. The van der Waals surface area contributed by atoms with Crippen LogP contribution in [-0.4, -0.2) is 25.7 Å². The molecule has 0 saturated heterocycles. The van der Waals surface area contributed by atoms with Crippen LogP contribution in [0, 0.1) is 0 Å². The number of rotatable bonds is 6. The van der Waals surface area contributed by atoms with Gasteiger partial charge in [-0.2, -0.15) is 0 Å². The molecule has 4 nitrogen and oxygen atoms in total. The fraction of sp³-hybridized carbons (Fsp3) is 0.462. The number of methoxy groups -OCH3 is 1. The highest BCUT2D eigenvalue weighted by Crippen LogP contribution is 2.10. The summed E-state index contributed by atoms with van der Waals surface area (Å²) in [4.78, 5) is 11.2. The summed E-state index contributed by atoms with van der Waals surface area (Å²) in [6.45, 7) is 4.53. The maximum Gasteiger partial charge on any atom is 0.320 e. The number of ether oxygens (including phenoxy) is 2. The SMILES string of the molecule is COc1ccc(CNCC(=O)OC(C)C)cc1. The van der Waals surface area contributed by atoms with E-state index in [1.807, 2.05) is 38.1 Å². The first-order chi connectivity index (χ1) is 8.11. The molecule has 0 bridgehead atoms. The van der Waals surface area contributed by atoms with Crippen LogP contribution in [0.4, 0.5) is 0 Å². The molecular formula is C13H19NO3. The van der Waals surface area contributed by atoms with Gasteiger partial charge in [-0.15, -0.1) is 0 Å². The Kier molecular flexibility index (Phi) is 5.49. The summed E-state index contributed by atoms with van der Waals surface area (Å²) in [7, 11) is 1.63. The largest absolute Gasteiger partial charge is 0.497 e. The van der Waals surface area contributed by atoms with Crippen LogP contribution in [0.25, 0.3) is 0 Å². The zero-order chi connectivity index (χ0) is 12.7. The summed E-state index contributed by atoms with van der Waals surface area (Å²) < 4.78 is 10.1. The third-order valence-corrected chi connectivity index (χ3v) is 2.12. The van der Waals surface area contributed by atoms with Crippen molar-refractivity contribution in [2.75, 3.05) is 13.7 Å². The predicted octanol–water partition coefficient (Wildman–Crippen LogP) is 1.74. The molecule has 0 unspecified atom stereocenters. The molecule has 0 fully saturated rings. The highest BCUT2D eigenvalue weighted by atomic mass is 16.5. The summed E-state index contributed by atoms with van der Waals surface area (Å²) in [6.07, 6.45) is -0.0645. The first-order valence-corrected chi connectivity index (χ1v) is 5.65. The minimum Gasteiger partial charge on any atom is -0.497 e. The van der Waals surface area contributed by atoms with Gasteiger partial charge in [0.1, 0.15) is 5.75 Å². The molecule has 0 aliphatic carbocycles. The number of esters is 1. The van der Waals surface area contributed by atoms with Crippen LogP contribution < -0.4 is 10.1 Å². The molecule has 1 N–H and O–H groups in total. The van der Waals surface area contributed by atoms with Gasteiger partial charge in [-0.3, -0.25) is 4.79 Å². The van der Waals surface area contributed by atoms with E-state index in [-0.39, 0.29) is 18.6 Å². The number of benzene rings is 1. The van der Waals surface area contributed by atoms with Gasteiger partial charge in [-0.05, 0) is 31.5 Å². The second kappa shape index (κ2) is 6.91. The second-order valence-corrected chi connectivity index (χ2v) is 3.99. The van der Waals surface area contributed by atoms with Gasteiger partial charge in [0.25, 0.3) is 0 Å². The van der Waals surface area contributed by atoms with Crippen molar-refractivity contribution >= 4 is 5.97 Å². The monoisotopic (exact) mass is 237 g/mol. The van der Waals surface area contributed by atoms with E-state index in [1.165, 1.54) is 0 Å². The standard InChI is InChI=1S/C13H19NO3/c1-10(2)17-13(15)9-14-8-11-4-6-12(16-3)7-5-11/h4-7,10,14H,8-9H2,1-3H3. The van der Waals surface area contributed by atoms with Gasteiger partial charge >= 0.3 is 5.97 Å². The zero-order valence-corrected chi connectivity index (χ0v) is 10.5. The second-order valence-electron chi connectivity index (χ2n) is 3.99. The van der Waals surface area contributed by atoms with Gasteiger partial charge in [-0.25, -0.2) is 0 Å². The van der Waals surface area contributed by atoms with Crippen LogP contribution in [0.3, 0.4) is 0 Å². The number of hydrogen-bond acceptors (Lipinski definition) is 4. The molecule has 0 amide bonds. The molecular weight excluding hydrogens is 218 g/mol. The summed E-state index contributed by atoms with van der Waals surface area (Å²) in [5.41, 5.74) is 1.10. The minimum atomic E-state index is -0.228. The molecule has 0 aliphatic rings. The molecule has 0 radical (unpaired) electrons. The fourth-order valence-electron chi connectivity index (χ4n) is 1.36. The molecule has 0 aliphatic heterocycles. The summed E-state index contributed by atoms with van der Waals surface area (Å²) in [6, 6.07) is 7.70. The fourth-order valence-corrected chi connectivity index (χ4v) is 1.36. The van der Waals surface area contributed by atoms with Crippen molar-refractivity contribution in [3.63, 3.8) is 0 Å². The Morgan fingerprint density at radius 1 is 1.29 bits per heavy atom. The van der Waals surface area contributed by atoms with Crippen molar-refractivity contribution in [3.8, 4) is 5.75 Å². The van der Waals surface area contributed by atoms with Crippen molar-refractivity contribution in [2.45, 2.75) is 26.5 Å². The average molecular weight is 237 g/mol. The lowest BCUT2D eigenvalue weighted by molar-refractivity contribution is -0.146. The third-order valence-electron chi connectivity index (χ3n) is 2.12. The van der Waals surface area contributed by atoms with E-state index in [4.69, 9.17) is 9.47 Å². The number of carbonyl (C=O) groups is 1. The molecule has 1 aromatic carbocycles. The van der Waals surface area contributed by atoms with Gasteiger partial charge in [0.05, 0.1) is 19.8 Å². The quantitative estimate of drug-likeness (QED) is 0.765. The third kappa shape index (κ3) is 5.36. The normalized spacial score (nSPS) is 10.4. The zero-order valence-electron chi connectivity index (χ0n) is 10.5. The van der Waals surface area contributed by atoms with E-state index < -0.39 is 0 Å². The van der Waals surface area contributed by atoms with Gasteiger partial charge in [0, 0.05) is 6.54 Å². The van der Waals surface area contributed by atoms with Crippen molar-refractivity contribution in [1.29, 1.82) is 0 Å². The topological polar surface area (TPSA) is 47.6 Å². The Balaban J connectivity index is 2.28. The summed E-state index contributed by atoms with van der Waals surface area (Å²) >= 11 is 0. The van der Waals surface area contributed by atoms with E-state index in [2.05, 4.69) is 5.32 Å². The molecule has 0 saturated carbocycles. The Morgan fingerprint density at radius 2 is 1.94 bits per heavy atom. The van der Waals surface area contributed by atoms with E-state index >= 15 is 0 Å². The van der Waals surface area contributed by atoms with Crippen molar-refractivity contribution in [2.24, 2.45) is 0 Å². The predicted molar refractivity (Wildman–Crippen MR) is 65.9 cm³/mol. The highest BCUT2D eigenvalue weighted by molar-refractivity contribution is 5.71. The van der Waals surface area contributed by atoms with Crippen LogP contribution in [0.15, 0.2) is 24.3 Å². The first kappa shape index (κ1) is 13.5. The van der Waals surface area contributed by atoms with Crippen molar-refractivity contribution in [1.82, 2.24) is 5.32 Å². The van der Waals surface area contributed by atoms with Gasteiger partial charge in [0.2, 0.25) is 0 Å². The minimum absolute atomic E-state index is 0.0645. The number of hydrogen-bond donors (Lipinski definition) is 1. The maximum absolute atomic E-state index is 11.2. The number of carbonyl (C=O) groups excluding carboxylic acids is 1. The van der Waals surface area contributed by atoms with Crippen molar-refractivity contribution < 1.29 is 14.3 Å². The van der Waals surface area contributed by atoms with Gasteiger partial charge in [-0.1, -0.05) is 12.1 Å². The van der Waals surface area contributed by atoms with Gasteiger partial charge < -0.3 is 14.8 Å². The molecule has 0 spiro atoms. The lowest BCUT2D eigenvalue weighted by atomic mass is 10.2. The molecule has 1 aromatic rings. The lowest BCUT2D eigenvalue weighted by Gasteiger charge is -2.09. The Hall–Kier alpha value is -1.55. The lowest BCUT2D eigenvalue weighted by Crippen LogP contribution is -2.26. The maximum atomic E-state index is 11.2. The van der Waals surface area contributed by atoms with Gasteiger partial charge in [0.15, 0.2) is 0 Å². The molecule has 94 valence electrons. The summed E-state index contributed by atoms with van der Waals surface area (Å²) in [5, 5.41) is 3.03. The van der Waals surface area contributed by atoms with Crippen LogP contribution in [0.1, 0.15) is 19.4 Å². The number of nitrogens with one attached hydrogen (secondary N) is 1. The Labute approximate surface area is 102 Å². The van der Waals surface area contributed by atoms with E-state index in [0.29, 0.717) is 6.54 Å².